The minimum Gasteiger partial charge on any atom is -0.313 e. The highest BCUT2D eigenvalue weighted by atomic mass is 35.5. The highest BCUT2D eigenvalue weighted by Gasteiger charge is 2.14. The van der Waals surface area contributed by atoms with Crippen LogP contribution in [0.4, 0.5) is 8.78 Å². The van der Waals surface area contributed by atoms with Crippen LogP contribution in [-0.4, -0.2) is 21.8 Å². The minimum absolute atomic E-state index is 0. The van der Waals surface area contributed by atoms with Gasteiger partial charge in [-0.25, -0.2) is 8.78 Å². The topological polar surface area (TPSA) is 42.7 Å². The van der Waals surface area contributed by atoms with Gasteiger partial charge in [-0.3, -0.25) is 0 Å². The van der Waals surface area contributed by atoms with Crippen LogP contribution in [0.2, 0.25) is 0 Å². The lowest BCUT2D eigenvalue weighted by Crippen LogP contribution is -2.10. The van der Waals surface area contributed by atoms with Crippen LogP contribution in [0.25, 0.3) is 0 Å². The molecule has 1 heterocycles. The first kappa shape index (κ1) is 17.9. The first-order valence-corrected chi connectivity index (χ1v) is 7.12. The molecule has 1 aromatic heterocycles. The molecular weight excluding hydrogens is 318 g/mol. The van der Waals surface area contributed by atoms with E-state index in [0.29, 0.717) is 17.3 Å². The third-order valence-corrected chi connectivity index (χ3v) is 4.03. The van der Waals surface area contributed by atoms with Crippen LogP contribution in [0.5, 0.6) is 0 Å². The van der Waals surface area contributed by atoms with Crippen LogP contribution in [0, 0.1) is 18.6 Å². The van der Waals surface area contributed by atoms with E-state index in [-0.39, 0.29) is 23.7 Å². The lowest BCUT2D eigenvalue weighted by molar-refractivity contribution is 0.560. The highest BCUT2D eigenvalue weighted by Crippen LogP contribution is 2.25. The van der Waals surface area contributed by atoms with Gasteiger partial charge >= 0.3 is 0 Å². The van der Waals surface area contributed by atoms with E-state index in [2.05, 4.69) is 15.5 Å². The van der Waals surface area contributed by atoms with Gasteiger partial charge in [-0.1, -0.05) is 17.8 Å². The van der Waals surface area contributed by atoms with Gasteiger partial charge in [0.15, 0.2) is 5.16 Å². The fraction of sp³-hybridized carbons (Fsp3) is 0.385. The summed E-state index contributed by atoms with van der Waals surface area (Å²) < 4.78 is 29.4. The number of rotatable bonds is 5. The fourth-order valence-corrected chi connectivity index (χ4v) is 2.70. The van der Waals surface area contributed by atoms with Gasteiger partial charge in [0.25, 0.3) is 0 Å². The molecule has 0 aliphatic carbocycles. The Hall–Kier alpha value is -1.18. The zero-order chi connectivity index (χ0) is 14.7. The molecule has 0 radical (unpaired) electrons. The van der Waals surface area contributed by atoms with Gasteiger partial charge in [0.05, 0.1) is 6.54 Å². The predicted octanol–water partition coefficient (Wildman–Crippen LogP) is 2.84. The quantitative estimate of drug-likeness (QED) is 0.854. The molecule has 2 rings (SSSR count). The van der Waals surface area contributed by atoms with Crippen LogP contribution in [-0.2, 0) is 19.3 Å². The molecule has 0 bridgehead atoms. The molecule has 0 saturated heterocycles. The summed E-state index contributed by atoms with van der Waals surface area (Å²) in [6, 6.07) is 2.73. The molecule has 1 N–H and O–H groups in total. The van der Waals surface area contributed by atoms with E-state index in [1.54, 1.807) is 6.92 Å². The van der Waals surface area contributed by atoms with Gasteiger partial charge in [0, 0.05) is 18.4 Å². The summed E-state index contributed by atoms with van der Waals surface area (Å²) >= 11 is 1.27. The third-order valence-electron chi connectivity index (χ3n) is 2.98. The molecule has 116 valence electrons. The summed E-state index contributed by atoms with van der Waals surface area (Å²) in [7, 11) is 3.65. The van der Waals surface area contributed by atoms with Crippen molar-refractivity contribution in [1.82, 2.24) is 20.1 Å². The normalized spacial score (nSPS) is 10.5. The van der Waals surface area contributed by atoms with E-state index in [0.717, 1.165) is 5.82 Å². The zero-order valence-electron chi connectivity index (χ0n) is 12.0. The summed E-state index contributed by atoms with van der Waals surface area (Å²) in [6.45, 7) is 2.22. The van der Waals surface area contributed by atoms with Gasteiger partial charge in [0.1, 0.15) is 17.5 Å². The lowest BCUT2D eigenvalue weighted by atomic mass is 10.1. The molecular formula is C13H17ClF2N4S. The first-order valence-electron chi connectivity index (χ1n) is 6.13. The Morgan fingerprint density at radius 3 is 2.67 bits per heavy atom. The van der Waals surface area contributed by atoms with Gasteiger partial charge in [0.2, 0.25) is 0 Å². The summed E-state index contributed by atoms with van der Waals surface area (Å²) in [5.74, 6) is -0.0567. The number of nitrogens with one attached hydrogen (secondary N) is 1. The van der Waals surface area contributed by atoms with E-state index in [4.69, 9.17) is 0 Å². The molecule has 1 aromatic carbocycles. The highest BCUT2D eigenvalue weighted by molar-refractivity contribution is 7.98. The van der Waals surface area contributed by atoms with Crippen molar-refractivity contribution in [2.75, 3.05) is 7.05 Å². The third kappa shape index (κ3) is 3.93. The van der Waals surface area contributed by atoms with Gasteiger partial charge in [-0.05, 0) is 25.6 Å². The van der Waals surface area contributed by atoms with Crippen molar-refractivity contribution in [3.63, 3.8) is 0 Å². The molecule has 0 saturated carbocycles. The molecule has 21 heavy (non-hydrogen) atoms. The number of aryl methyl sites for hydroxylation is 1. The van der Waals surface area contributed by atoms with Crippen LogP contribution in [0.15, 0.2) is 17.3 Å². The van der Waals surface area contributed by atoms with Crippen molar-refractivity contribution in [2.24, 2.45) is 7.05 Å². The molecule has 0 spiro atoms. The van der Waals surface area contributed by atoms with E-state index in [1.165, 1.54) is 23.9 Å². The Labute approximate surface area is 132 Å². The molecule has 0 aliphatic rings. The lowest BCUT2D eigenvalue weighted by Gasteiger charge is -2.07. The second-order valence-electron chi connectivity index (χ2n) is 4.43. The van der Waals surface area contributed by atoms with Crippen molar-refractivity contribution in [3.8, 4) is 0 Å². The Kier molecular flexibility index (Phi) is 6.57. The fourth-order valence-electron chi connectivity index (χ4n) is 1.77. The smallest absolute Gasteiger partial charge is 0.191 e. The van der Waals surface area contributed by atoms with Crippen molar-refractivity contribution in [1.29, 1.82) is 0 Å². The Bertz CT molecular complexity index is 618. The number of benzene rings is 1. The standard InChI is InChI=1S/C13H16F2N4S.ClH/c1-8-4-5-10(14)9(12(8)15)7-20-13-18-17-11(6-16-2)19(13)3;/h4-5,16H,6-7H2,1-3H3;1H. The number of aromatic nitrogens is 3. The van der Waals surface area contributed by atoms with Crippen LogP contribution in [0.3, 0.4) is 0 Å². The largest absolute Gasteiger partial charge is 0.313 e. The Balaban J connectivity index is 0.00000220. The molecule has 2 aromatic rings. The van der Waals surface area contributed by atoms with Gasteiger partial charge in [-0.15, -0.1) is 22.6 Å². The maximum absolute atomic E-state index is 13.9. The average Bonchev–Trinajstić information content (AvgIpc) is 2.76. The molecule has 0 fully saturated rings. The summed E-state index contributed by atoms with van der Waals surface area (Å²) in [6.07, 6.45) is 0. The Morgan fingerprint density at radius 2 is 2.00 bits per heavy atom. The monoisotopic (exact) mass is 334 g/mol. The molecule has 0 amide bonds. The maximum atomic E-state index is 13.9. The zero-order valence-corrected chi connectivity index (χ0v) is 13.6. The maximum Gasteiger partial charge on any atom is 0.191 e. The number of halogens is 3. The van der Waals surface area contributed by atoms with Crippen LogP contribution < -0.4 is 5.32 Å². The summed E-state index contributed by atoms with van der Waals surface area (Å²) in [4.78, 5) is 0. The van der Waals surface area contributed by atoms with E-state index in [9.17, 15) is 8.78 Å². The first-order chi connectivity index (χ1) is 9.54. The summed E-state index contributed by atoms with van der Waals surface area (Å²) in [5.41, 5.74) is 0.518. The molecule has 0 atom stereocenters. The van der Waals surface area contributed by atoms with Crippen molar-refractivity contribution in [2.45, 2.75) is 24.4 Å². The minimum atomic E-state index is -0.529. The van der Waals surface area contributed by atoms with Gasteiger partial charge < -0.3 is 9.88 Å². The van der Waals surface area contributed by atoms with E-state index in [1.807, 2.05) is 18.7 Å². The van der Waals surface area contributed by atoms with Crippen molar-refractivity contribution >= 4 is 24.2 Å². The van der Waals surface area contributed by atoms with Crippen LogP contribution >= 0.6 is 24.2 Å². The van der Waals surface area contributed by atoms with E-state index < -0.39 is 11.6 Å². The summed E-state index contributed by atoms with van der Waals surface area (Å²) in [5, 5.41) is 11.7. The average molecular weight is 335 g/mol. The predicted molar refractivity (Wildman–Crippen MR) is 81.7 cm³/mol. The number of nitrogens with zero attached hydrogens (tertiary/aromatic N) is 3. The van der Waals surface area contributed by atoms with Crippen molar-refractivity contribution in [3.05, 3.63) is 40.7 Å². The van der Waals surface area contributed by atoms with E-state index >= 15 is 0 Å². The van der Waals surface area contributed by atoms with Gasteiger partial charge in [-0.2, -0.15) is 0 Å². The number of thioether (sulfide) groups is 1. The van der Waals surface area contributed by atoms with Crippen molar-refractivity contribution < 1.29 is 8.78 Å². The molecule has 8 heteroatoms. The Morgan fingerprint density at radius 1 is 1.29 bits per heavy atom. The molecule has 4 nitrogen and oxygen atoms in total. The second-order valence-corrected chi connectivity index (χ2v) is 5.38. The van der Waals surface area contributed by atoms with Crippen LogP contribution in [0.1, 0.15) is 17.0 Å². The SMILES string of the molecule is CNCc1nnc(SCc2c(F)ccc(C)c2F)n1C.Cl. The molecule has 0 aliphatic heterocycles. The molecule has 0 unspecified atom stereocenters. The number of hydrogen-bond donors (Lipinski definition) is 1. The number of hydrogen-bond acceptors (Lipinski definition) is 4. The second kappa shape index (κ2) is 7.72.